The molecule has 1 N–H and O–H groups in total. The molecule has 1 unspecified atom stereocenters. The zero-order chi connectivity index (χ0) is 14.3. The minimum Gasteiger partial charge on any atom is -0.389 e. The molecule has 0 saturated carbocycles. The molecule has 0 bridgehead atoms. The average Bonchev–Trinajstić information content (AvgIpc) is 2.36. The molecule has 0 radical (unpaired) electrons. The van der Waals surface area contributed by atoms with E-state index in [0.29, 0.717) is 25.1 Å². The van der Waals surface area contributed by atoms with Crippen LogP contribution in [0.4, 0.5) is 5.69 Å². The summed E-state index contributed by atoms with van der Waals surface area (Å²) >= 11 is 0. The number of methoxy groups -OCH3 is 1. The van der Waals surface area contributed by atoms with Gasteiger partial charge in [-0.25, -0.2) is 0 Å². The Kier molecular flexibility index (Phi) is 6.41. The highest BCUT2D eigenvalue weighted by Crippen LogP contribution is 2.18. The van der Waals surface area contributed by atoms with Gasteiger partial charge in [0, 0.05) is 31.8 Å². The zero-order valence-corrected chi connectivity index (χ0v) is 11.3. The number of hydrogen-bond acceptors (Lipinski definition) is 5. The van der Waals surface area contributed by atoms with E-state index in [2.05, 4.69) is 0 Å². The minimum absolute atomic E-state index is 0.147. The van der Waals surface area contributed by atoms with Crippen molar-refractivity contribution in [3.05, 3.63) is 39.9 Å². The maximum atomic E-state index is 10.9. The molecule has 1 rings (SSSR count). The molecule has 0 fully saturated rings. The number of rotatable bonds is 8. The lowest BCUT2D eigenvalue weighted by molar-refractivity contribution is -0.385. The van der Waals surface area contributed by atoms with Crippen molar-refractivity contribution in [2.24, 2.45) is 0 Å². The molecule has 1 aromatic rings. The lowest BCUT2D eigenvalue weighted by Crippen LogP contribution is -2.33. The summed E-state index contributed by atoms with van der Waals surface area (Å²) in [5.74, 6) is 0. The topological polar surface area (TPSA) is 75.8 Å². The molecular formula is C13H20N2O4. The first-order chi connectivity index (χ1) is 9.04. The minimum atomic E-state index is -0.541. The standard InChI is InChI=1S/C13H20N2O4/c1-14(9-12(16)10-19-2)8-7-11-5-3-4-6-13(11)15(17)18/h3-6,12,16H,7-10H2,1-2H3. The molecule has 6 nitrogen and oxygen atoms in total. The first kappa shape index (κ1) is 15.6. The molecule has 1 aromatic carbocycles. The Morgan fingerprint density at radius 1 is 1.47 bits per heavy atom. The van der Waals surface area contributed by atoms with E-state index >= 15 is 0 Å². The predicted octanol–water partition coefficient (Wildman–Crippen LogP) is 1.08. The maximum absolute atomic E-state index is 10.9. The van der Waals surface area contributed by atoms with Crippen molar-refractivity contribution in [2.45, 2.75) is 12.5 Å². The number of aliphatic hydroxyl groups is 1. The fraction of sp³-hybridized carbons (Fsp3) is 0.538. The summed E-state index contributed by atoms with van der Waals surface area (Å²) in [5.41, 5.74) is 0.855. The molecule has 0 aliphatic heterocycles. The molecule has 0 aliphatic rings. The second kappa shape index (κ2) is 7.83. The van der Waals surface area contributed by atoms with Crippen molar-refractivity contribution in [3.8, 4) is 0 Å². The van der Waals surface area contributed by atoms with Gasteiger partial charge in [-0.1, -0.05) is 18.2 Å². The second-order valence-corrected chi connectivity index (χ2v) is 4.51. The number of aliphatic hydroxyl groups excluding tert-OH is 1. The quantitative estimate of drug-likeness (QED) is 0.564. The molecule has 0 aliphatic carbocycles. The van der Waals surface area contributed by atoms with Gasteiger partial charge in [-0.15, -0.1) is 0 Å². The highest BCUT2D eigenvalue weighted by Gasteiger charge is 2.13. The first-order valence-electron chi connectivity index (χ1n) is 6.12. The normalized spacial score (nSPS) is 12.6. The number of nitrogens with zero attached hydrogens (tertiary/aromatic N) is 2. The SMILES string of the molecule is COCC(O)CN(C)CCc1ccccc1[N+](=O)[O-]. The van der Waals surface area contributed by atoms with Gasteiger partial charge in [0.25, 0.3) is 5.69 Å². The third kappa shape index (κ3) is 5.34. The van der Waals surface area contributed by atoms with E-state index < -0.39 is 6.10 Å². The van der Waals surface area contributed by atoms with E-state index in [4.69, 9.17) is 4.74 Å². The van der Waals surface area contributed by atoms with Crippen LogP contribution in [-0.4, -0.2) is 54.9 Å². The summed E-state index contributed by atoms with van der Waals surface area (Å²) in [6.07, 6.45) is 0.0358. The van der Waals surface area contributed by atoms with Gasteiger partial charge in [0.05, 0.1) is 17.6 Å². The van der Waals surface area contributed by atoms with Crippen LogP contribution in [0.15, 0.2) is 24.3 Å². The molecule has 6 heteroatoms. The smallest absolute Gasteiger partial charge is 0.272 e. The molecule has 19 heavy (non-hydrogen) atoms. The number of nitro groups is 1. The summed E-state index contributed by atoms with van der Waals surface area (Å²) in [5, 5.41) is 20.4. The lowest BCUT2D eigenvalue weighted by Gasteiger charge is -2.19. The largest absolute Gasteiger partial charge is 0.389 e. The lowest BCUT2D eigenvalue weighted by atomic mass is 10.1. The van der Waals surface area contributed by atoms with Gasteiger partial charge < -0.3 is 14.7 Å². The van der Waals surface area contributed by atoms with E-state index in [1.807, 2.05) is 11.9 Å². The Bertz CT molecular complexity index is 411. The van der Waals surface area contributed by atoms with Crippen LogP contribution in [0.5, 0.6) is 0 Å². The third-order valence-corrected chi connectivity index (χ3v) is 2.83. The van der Waals surface area contributed by atoms with Gasteiger partial charge in [0.1, 0.15) is 0 Å². The summed E-state index contributed by atoms with van der Waals surface area (Å²) < 4.78 is 4.85. The van der Waals surface area contributed by atoms with Crippen molar-refractivity contribution in [2.75, 3.05) is 33.9 Å². The molecule has 0 amide bonds. The number of ether oxygens (including phenoxy) is 1. The molecule has 1 atom stereocenters. The Morgan fingerprint density at radius 3 is 2.79 bits per heavy atom. The monoisotopic (exact) mass is 268 g/mol. The van der Waals surface area contributed by atoms with Crippen LogP contribution < -0.4 is 0 Å². The van der Waals surface area contributed by atoms with E-state index in [-0.39, 0.29) is 17.2 Å². The van der Waals surface area contributed by atoms with Crippen molar-refractivity contribution in [1.29, 1.82) is 0 Å². The van der Waals surface area contributed by atoms with Crippen LogP contribution in [-0.2, 0) is 11.2 Å². The summed E-state index contributed by atoms with van der Waals surface area (Å²) in [6.45, 7) is 1.41. The predicted molar refractivity (Wildman–Crippen MR) is 72.2 cm³/mol. The number of benzene rings is 1. The average molecular weight is 268 g/mol. The van der Waals surface area contributed by atoms with Gasteiger partial charge in [-0.3, -0.25) is 10.1 Å². The van der Waals surface area contributed by atoms with E-state index in [9.17, 15) is 15.2 Å². The molecular weight excluding hydrogens is 248 g/mol. The Balaban J connectivity index is 2.50. The summed E-state index contributed by atoms with van der Waals surface area (Å²) in [6, 6.07) is 6.72. The fourth-order valence-electron chi connectivity index (χ4n) is 1.91. The van der Waals surface area contributed by atoms with Crippen LogP contribution in [0.3, 0.4) is 0 Å². The van der Waals surface area contributed by atoms with Crippen LogP contribution >= 0.6 is 0 Å². The summed E-state index contributed by atoms with van der Waals surface area (Å²) in [4.78, 5) is 12.4. The molecule has 106 valence electrons. The van der Waals surface area contributed by atoms with Crippen LogP contribution in [0, 0.1) is 10.1 Å². The van der Waals surface area contributed by atoms with Crippen LogP contribution in [0.2, 0.25) is 0 Å². The third-order valence-electron chi connectivity index (χ3n) is 2.83. The zero-order valence-electron chi connectivity index (χ0n) is 11.3. The van der Waals surface area contributed by atoms with Crippen LogP contribution in [0.25, 0.3) is 0 Å². The Morgan fingerprint density at radius 2 is 2.16 bits per heavy atom. The van der Waals surface area contributed by atoms with Gasteiger partial charge in [0.15, 0.2) is 0 Å². The Hall–Kier alpha value is -1.50. The van der Waals surface area contributed by atoms with Gasteiger partial charge in [-0.2, -0.15) is 0 Å². The highest BCUT2D eigenvalue weighted by atomic mass is 16.6. The van der Waals surface area contributed by atoms with Crippen molar-refractivity contribution in [1.82, 2.24) is 4.90 Å². The van der Waals surface area contributed by atoms with Gasteiger partial charge in [0.2, 0.25) is 0 Å². The number of hydrogen-bond donors (Lipinski definition) is 1. The number of para-hydroxylation sites is 1. The second-order valence-electron chi connectivity index (χ2n) is 4.51. The maximum Gasteiger partial charge on any atom is 0.272 e. The first-order valence-corrected chi connectivity index (χ1v) is 6.12. The van der Waals surface area contributed by atoms with Gasteiger partial charge in [-0.05, 0) is 13.5 Å². The van der Waals surface area contributed by atoms with E-state index in [1.165, 1.54) is 13.2 Å². The molecule has 0 heterocycles. The number of likely N-dealkylation sites (N-methyl/N-ethyl adjacent to an activating group) is 1. The van der Waals surface area contributed by atoms with Gasteiger partial charge >= 0.3 is 0 Å². The number of nitro benzene ring substituents is 1. The highest BCUT2D eigenvalue weighted by molar-refractivity contribution is 5.39. The molecule has 0 aromatic heterocycles. The summed E-state index contributed by atoms with van der Waals surface area (Å²) in [7, 11) is 3.41. The molecule has 0 saturated heterocycles. The van der Waals surface area contributed by atoms with Crippen LogP contribution in [0.1, 0.15) is 5.56 Å². The molecule has 0 spiro atoms. The fourth-order valence-corrected chi connectivity index (χ4v) is 1.91. The van der Waals surface area contributed by atoms with E-state index in [0.717, 1.165) is 0 Å². The van der Waals surface area contributed by atoms with Crippen molar-refractivity contribution < 1.29 is 14.8 Å². The van der Waals surface area contributed by atoms with Crippen molar-refractivity contribution in [3.63, 3.8) is 0 Å². The Labute approximate surface area is 112 Å². The van der Waals surface area contributed by atoms with Crippen molar-refractivity contribution >= 4 is 5.69 Å². The van der Waals surface area contributed by atoms with E-state index in [1.54, 1.807) is 18.2 Å².